The molecule has 0 radical (unpaired) electrons. The van der Waals surface area contributed by atoms with Crippen molar-refractivity contribution < 1.29 is 29.0 Å². The van der Waals surface area contributed by atoms with Gasteiger partial charge in [-0.25, -0.2) is 9.59 Å². The number of fused-ring (bicyclic) bond motifs is 3. The van der Waals surface area contributed by atoms with Gasteiger partial charge in [0.05, 0.1) is 6.61 Å². The third-order valence-corrected chi connectivity index (χ3v) is 7.29. The highest BCUT2D eigenvalue weighted by Gasteiger charge is 2.50. The maximum absolute atomic E-state index is 13.1. The lowest BCUT2D eigenvalue weighted by Gasteiger charge is -2.38. The number of carbonyl (C=O) groups excluding carboxylic acids is 2. The van der Waals surface area contributed by atoms with Crippen molar-refractivity contribution in [2.24, 2.45) is 5.41 Å². The molecule has 0 aromatic heterocycles. The molecular formula is C27H32N2O6. The van der Waals surface area contributed by atoms with E-state index in [1.165, 1.54) is 11.9 Å². The summed E-state index contributed by atoms with van der Waals surface area (Å²) < 4.78 is 10.8. The molecule has 2 N–H and O–H groups in total. The molecular weight excluding hydrogens is 448 g/mol. The third kappa shape index (κ3) is 4.62. The lowest BCUT2D eigenvalue weighted by atomic mass is 9.85. The molecule has 8 nitrogen and oxygen atoms in total. The molecule has 186 valence electrons. The second-order valence-electron chi connectivity index (χ2n) is 9.89. The van der Waals surface area contributed by atoms with Gasteiger partial charge < -0.3 is 24.8 Å². The van der Waals surface area contributed by atoms with E-state index in [0.717, 1.165) is 22.3 Å². The second-order valence-corrected chi connectivity index (χ2v) is 9.89. The Morgan fingerprint density at radius 2 is 1.71 bits per heavy atom. The van der Waals surface area contributed by atoms with E-state index in [9.17, 15) is 19.5 Å². The van der Waals surface area contributed by atoms with Crippen LogP contribution in [0.25, 0.3) is 11.1 Å². The van der Waals surface area contributed by atoms with Crippen LogP contribution in [0.4, 0.5) is 4.79 Å². The van der Waals surface area contributed by atoms with Gasteiger partial charge in [-0.2, -0.15) is 0 Å². The first-order chi connectivity index (χ1) is 16.7. The van der Waals surface area contributed by atoms with E-state index in [0.29, 0.717) is 13.0 Å². The predicted octanol–water partition coefficient (Wildman–Crippen LogP) is 3.64. The molecule has 2 amide bonds. The van der Waals surface area contributed by atoms with Crippen LogP contribution in [0.2, 0.25) is 0 Å². The Morgan fingerprint density at radius 3 is 2.26 bits per heavy atom. The van der Waals surface area contributed by atoms with Crippen molar-refractivity contribution in [3.8, 4) is 11.1 Å². The number of carbonyl (C=O) groups is 3. The molecule has 2 aromatic rings. The molecule has 1 fully saturated rings. The van der Waals surface area contributed by atoms with Gasteiger partial charge in [0.25, 0.3) is 0 Å². The van der Waals surface area contributed by atoms with Crippen LogP contribution in [0, 0.1) is 5.41 Å². The number of nitrogens with zero attached hydrogens (tertiary/aromatic N) is 1. The molecule has 4 rings (SSSR count). The van der Waals surface area contributed by atoms with Crippen LogP contribution >= 0.6 is 0 Å². The minimum absolute atomic E-state index is 0.0272. The number of benzene rings is 2. The summed E-state index contributed by atoms with van der Waals surface area (Å²) in [5, 5.41) is 12.5. The SMILES string of the molecule is CN(C(=O)C(C)(C)CCNC(=O)OCC1c2ccccc2-c2ccccc21)C1(C(=O)O)CCOC1. The van der Waals surface area contributed by atoms with E-state index in [1.54, 1.807) is 13.8 Å². The summed E-state index contributed by atoms with van der Waals surface area (Å²) in [6.45, 7) is 4.20. The lowest BCUT2D eigenvalue weighted by molar-refractivity contribution is -0.161. The normalized spacial score (nSPS) is 19.1. The molecule has 2 aliphatic rings. The summed E-state index contributed by atoms with van der Waals surface area (Å²) in [5.74, 6) is -1.40. The summed E-state index contributed by atoms with van der Waals surface area (Å²) in [4.78, 5) is 38.7. The topological polar surface area (TPSA) is 105 Å². The average Bonchev–Trinajstić information content (AvgIpc) is 3.46. The van der Waals surface area contributed by atoms with Gasteiger partial charge in [-0.05, 0) is 28.7 Å². The Labute approximate surface area is 205 Å². The number of rotatable bonds is 8. The highest BCUT2D eigenvalue weighted by molar-refractivity contribution is 5.90. The standard InChI is InChI=1S/C27H32N2O6/c1-26(2,23(30)29(3)27(24(31)32)13-15-34-17-27)12-14-28-25(33)35-16-22-20-10-6-4-8-18(20)19-9-5-7-11-21(19)22/h4-11,22H,12-17H2,1-3H3,(H,28,33)(H,31,32). The smallest absolute Gasteiger partial charge is 0.407 e. The van der Waals surface area contributed by atoms with Crippen LogP contribution in [0.1, 0.15) is 43.7 Å². The fourth-order valence-electron chi connectivity index (χ4n) is 5.01. The molecule has 8 heteroatoms. The molecule has 1 unspecified atom stereocenters. The molecule has 1 atom stereocenters. The second kappa shape index (κ2) is 9.70. The number of aliphatic carboxylic acids is 1. The van der Waals surface area contributed by atoms with Gasteiger partial charge in [0, 0.05) is 38.0 Å². The van der Waals surface area contributed by atoms with Crippen LogP contribution in [0.3, 0.4) is 0 Å². The third-order valence-electron chi connectivity index (χ3n) is 7.29. The maximum atomic E-state index is 13.1. The van der Waals surface area contributed by atoms with Crippen molar-refractivity contribution in [2.75, 3.05) is 33.4 Å². The van der Waals surface area contributed by atoms with Crippen LogP contribution in [0.5, 0.6) is 0 Å². The molecule has 1 saturated heterocycles. The first-order valence-corrected chi connectivity index (χ1v) is 11.9. The molecule has 35 heavy (non-hydrogen) atoms. The van der Waals surface area contributed by atoms with Crippen molar-refractivity contribution in [2.45, 2.75) is 38.1 Å². The van der Waals surface area contributed by atoms with Crippen molar-refractivity contribution >= 4 is 18.0 Å². The Kier molecular flexibility index (Phi) is 6.85. The van der Waals surface area contributed by atoms with Gasteiger partial charge in [-0.15, -0.1) is 0 Å². The molecule has 0 saturated carbocycles. The molecule has 1 heterocycles. The monoisotopic (exact) mass is 480 g/mol. The van der Waals surface area contributed by atoms with Crippen molar-refractivity contribution in [3.05, 3.63) is 59.7 Å². The Bertz CT molecular complexity index is 1080. The van der Waals surface area contributed by atoms with Crippen molar-refractivity contribution in [1.82, 2.24) is 10.2 Å². The first kappa shape index (κ1) is 24.7. The summed E-state index contributed by atoms with van der Waals surface area (Å²) in [6, 6.07) is 16.3. The zero-order valence-corrected chi connectivity index (χ0v) is 20.4. The van der Waals surface area contributed by atoms with E-state index in [-0.39, 0.29) is 38.0 Å². The molecule has 2 aromatic carbocycles. The van der Waals surface area contributed by atoms with E-state index in [1.807, 2.05) is 24.3 Å². The number of carboxylic acid groups (broad SMARTS) is 1. The zero-order valence-electron chi connectivity index (χ0n) is 20.4. The lowest BCUT2D eigenvalue weighted by Crippen LogP contribution is -2.58. The Morgan fingerprint density at radius 1 is 1.11 bits per heavy atom. The van der Waals surface area contributed by atoms with Gasteiger partial charge >= 0.3 is 12.1 Å². The zero-order chi connectivity index (χ0) is 25.2. The van der Waals surface area contributed by atoms with Crippen LogP contribution in [-0.2, 0) is 19.1 Å². The van der Waals surface area contributed by atoms with Crippen molar-refractivity contribution in [3.63, 3.8) is 0 Å². The predicted molar refractivity (Wildman–Crippen MR) is 130 cm³/mol. The Hall–Kier alpha value is -3.39. The van der Waals surface area contributed by atoms with Crippen LogP contribution in [-0.4, -0.2) is 66.9 Å². The van der Waals surface area contributed by atoms with E-state index < -0.39 is 23.0 Å². The number of ether oxygens (including phenoxy) is 2. The highest BCUT2D eigenvalue weighted by Crippen LogP contribution is 2.44. The highest BCUT2D eigenvalue weighted by atomic mass is 16.5. The molecule has 1 aliphatic heterocycles. The minimum atomic E-state index is -1.35. The largest absolute Gasteiger partial charge is 0.479 e. The maximum Gasteiger partial charge on any atom is 0.407 e. The van der Waals surface area contributed by atoms with Crippen LogP contribution < -0.4 is 5.32 Å². The number of amides is 2. The van der Waals surface area contributed by atoms with Gasteiger partial charge in [0.15, 0.2) is 5.54 Å². The number of likely N-dealkylation sites (N-methyl/N-ethyl adjacent to an activating group) is 1. The van der Waals surface area contributed by atoms with E-state index >= 15 is 0 Å². The van der Waals surface area contributed by atoms with E-state index in [4.69, 9.17) is 9.47 Å². The fourth-order valence-corrected chi connectivity index (χ4v) is 5.01. The van der Waals surface area contributed by atoms with Gasteiger partial charge in [-0.1, -0.05) is 62.4 Å². The Balaban J connectivity index is 1.31. The van der Waals surface area contributed by atoms with E-state index in [2.05, 4.69) is 29.6 Å². The van der Waals surface area contributed by atoms with Gasteiger partial charge in [0.2, 0.25) is 5.91 Å². The first-order valence-electron chi connectivity index (χ1n) is 11.9. The number of carboxylic acids is 1. The summed E-state index contributed by atoms with van der Waals surface area (Å²) >= 11 is 0. The fraction of sp³-hybridized carbons (Fsp3) is 0.444. The summed E-state index contributed by atoms with van der Waals surface area (Å²) in [6.07, 6.45) is 0.0323. The number of alkyl carbamates (subject to hydrolysis) is 1. The minimum Gasteiger partial charge on any atom is -0.479 e. The molecule has 0 spiro atoms. The van der Waals surface area contributed by atoms with Gasteiger partial charge in [-0.3, -0.25) is 4.79 Å². The summed E-state index contributed by atoms with van der Waals surface area (Å²) in [7, 11) is 1.51. The number of nitrogens with one attached hydrogen (secondary N) is 1. The summed E-state index contributed by atoms with van der Waals surface area (Å²) in [5.41, 5.74) is 2.37. The molecule has 0 bridgehead atoms. The quantitative estimate of drug-likeness (QED) is 0.598. The van der Waals surface area contributed by atoms with Crippen LogP contribution in [0.15, 0.2) is 48.5 Å². The van der Waals surface area contributed by atoms with Crippen molar-refractivity contribution in [1.29, 1.82) is 0 Å². The average molecular weight is 481 g/mol. The molecule has 1 aliphatic carbocycles. The number of hydrogen-bond donors (Lipinski definition) is 2. The van der Waals surface area contributed by atoms with Gasteiger partial charge in [0.1, 0.15) is 6.61 Å². The number of hydrogen-bond acceptors (Lipinski definition) is 5.